The van der Waals surface area contributed by atoms with Crippen LogP contribution in [0, 0.1) is 12.3 Å². The van der Waals surface area contributed by atoms with Gasteiger partial charge >= 0.3 is 0 Å². The average molecular weight is 338 g/mol. The van der Waals surface area contributed by atoms with Crippen molar-refractivity contribution in [2.45, 2.75) is 19.9 Å². The van der Waals surface area contributed by atoms with Gasteiger partial charge in [0.05, 0.1) is 18.9 Å². The molecule has 132 valence electrons. The molecule has 0 radical (unpaired) electrons. The zero-order valence-electron chi connectivity index (χ0n) is 14.9. The Morgan fingerprint density at radius 2 is 2.08 bits per heavy atom. The maximum absolute atomic E-state index is 6.00. The van der Waals surface area contributed by atoms with E-state index in [1.165, 1.54) is 0 Å². The molecular weight excluding hydrogens is 312 g/mol. The summed E-state index contributed by atoms with van der Waals surface area (Å²) < 4.78 is 6.00. The number of rotatable bonds is 3. The maximum Gasteiger partial charge on any atom is 0.128 e. The molecule has 0 aliphatic carbocycles. The number of ether oxygens (including phenoxy) is 1. The molecule has 0 saturated carbocycles. The number of hydrogen-bond donors (Lipinski definition) is 0. The van der Waals surface area contributed by atoms with Gasteiger partial charge in [0.15, 0.2) is 0 Å². The molecule has 0 N–H and O–H groups in total. The fourth-order valence-electron chi connectivity index (χ4n) is 4.05. The lowest BCUT2D eigenvalue weighted by Gasteiger charge is -2.31. The van der Waals surface area contributed by atoms with Crippen LogP contribution < -0.4 is 4.90 Å². The molecule has 0 unspecified atom stereocenters. The summed E-state index contributed by atoms with van der Waals surface area (Å²) in [5.41, 5.74) is 2.43. The summed E-state index contributed by atoms with van der Waals surface area (Å²) in [6.45, 7) is 8.70. The topological polar surface area (TPSA) is 41.5 Å². The molecule has 2 saturated heterocycles. The predicted molar refractivity (Wildman–Crippen MR) is 98.6 cm³/mol. The Bertz CT molecular complexity index is 708. The number of anilines is 1. The lowest BCUT2D eigenvalue weighted by Crippen LogP contribution is -2.40. The van der Waals surface area contributed by atoms with E-state index in [1.807, 2.05) is 12.3 Å². The molecule has 0 aromatic carbocycles. The minimum atomic E-state index is 0.192. The number of aryl methyl sites for hydroxylation is 1. The third kappa shape index (κ3) is 3.83. The Kier molecular flexibility index (Phi) is 4.68. The normalized spacial score (nSPS) is 24.6. The number of aromatic nitrogens is 2. The molecule has 0 bridgehead atoms. The van der Waals surface area contributed by atoms with E-state index in [0.717, 1.165) is 69.6 Å². The van der Waals surface area contributed by atoms with E-state index in [0.29, 0.717) is 0 Å². The highest BCUT2D eigenvalue weighted by atomic mass is 16.5. The second kappa shape index (κ2) is 7.10. The third-order valence-electron chi connectivity index (χ3n) is 5.26. The summed E-state index contributed by atoms with van der Waals surface area (Å²) in [5, 5.41) is 0. The van der Waals surface area contributed by atoms with Crippen LogP contribution in [0.15, 0.2) is 42.6 Å². The standard InChI is InChI=1S/C20H26N4O/c1-17-5-4-6-18(22-17)13-23-11-12-25-16-20(14-23)8-10-24(15-20)19-7-2-3-9-21-19/h2-7,9H,8,10-16H2,1H3/t20-/m1/s1. The smallest absolute Gasteiger partial charge is 0.128 e. The molecule has 4 rings (SSSR count). The third-order valence-corrected chi connectivity index (χ3v) is 5.26. The Hall–Kier alpha value is -1.98. The number of pyridine rings is 2. The highest BCUT2D eigenvalue weighted by molar-refractivity contribution is 5.40. The van der Waals surface area contributed by atoms with Crippen LogP contribution in [-0.4, -0.2) is 54.3 Å². The molecule has 5 nitrogen and oxygen atoms in total. The summed E-state index contributed by atoms with van der Waals surface area (Å²) in [6.07, 6.45) is 3.03. The minimum Gasteiger partial charge on any atom is -0.379 e. The lowest BCUT2D eigenvalue weighted by molar-refractivity contribution is 0.0798. The van der Waals surface area contributed by atoms with E-state index in [9.17, 15) is 0 Å². The summed E-state index contributed by atoms with van der Waals surface area (Å²) in [7, 11) is 0. The van der Waals surface area contributed by atoms with Crippen LogP contribution in [0.25, 0.3) is 0 Å². The summed E-state index contributed by atoms with van der Waals surface area (Å²) in [5.74, 6) is 1.08. The van der Waals surface area contributed by atoms with Crippen molar-refractivity contribution in [3.05, 3.63) is 54.0 Å². The monoisotopic (exact) mass is 338 g/mol. The van der Waals surface area contributed by atoms with E-state index in [2.05, 4.69) is 57.0 Å². The Balaban J connectivity index is 1.46. The Morgan fingerprint density at radius 1 is 1.12 bits per heavy atom. The van der Waals surface area contributed by atoms with Crippen molar-refractivity contribution in [2.24, 2.45) is 5.41 Å². The Labute approximate surface area is 149 Å². The van der Waals surface area contributed by atoms with Crippen LogP contribution in [0.5, 0.6) is 0 Å². The fraction of sp³-hybridized carbons (Fsp3) is 0.500. The highest BCUT2D eigenvalue weighted by Gasteiger charge is 2.41. The number of nitrogens with zero attached hydrogens (tertiary/aromatic N) is 4. The van der Waals surface area contributed by atoms with Crippen LogP contribution in [0.2, 0.25) is 0 Å². The van der Waals surface area contributed by atoms with Crippen molar-refractivity contribution in [2.75, 3.05) is 44.3 Å². The molecule has 4 heterocycles. The van der Waals surface area contributed by atoms with Gasteiger partial charge in [0.2, 0.25) is 0 Å². The predicted octanol–water partition coefficient (Wildman–Crippen LogP) is 2.51. The van der Waals surface area contributed by atoms with Crippen molar-refractivity contribution in [3.8, 4) is 0 Å². The van der Waals surface area contributed by atoms with Gasteiger partial charge in [-0.2, -0.15) is 0 Å². The molecule has 1 atom stereocenters. The molecule has 2 fully saturated rings. The van der Waals surface area contributed by atoms with Gasteiger partial charge in [0, 0.05) is 50.0 Å². The zero-order chi connectivity index (χ0) is 17.1. The van der Waals surface area contributed by atoms with Gasteiger partial charge < -0.3 is 9.64 Å². The van der Waals surface area contributed by atoms with Crippen molar-refractivity contribution >= 4 is 5.82 Å². The van der Waals surface area contributed by atoms with Crippen LogP contribution >= 0.6 is 0 Å². The van der Waals surface area contributed by atoms with Crippen molar-refractivity contribution in [3.63, 3.8) is 0 Å². The summed E-state index contributed by atoms with van der Waals surface area (Å²) in [4.78, 5) is 14.1. The highest BCUT2D eigenvalue weighted by Crippen LogP contribution is 2.35. The fourth-order valence-corrected chi connectivity index (χ4v) is 4.05. The molecule has 2 aromatic heterocycles. The van der Waals surface area contributed by atoms with Crippen LogP contribution in [0.1, 0.15) is 17.8 Å². The first kappa shape index (κ1) is 16.5. The van der Waals surface area contributed by atoms with Crippen LogP contribution in [0.3, 0.4) is 0 Å². The van der Waals surface area contributed by atoms with E-state index < -0.39 is 0 Å². The van der Waals surface area contributed by atoms with Crippen LogP contribution in [0.4, 0.5) is 5.82 Å². The molecule has 0 amide bonds. The lowest BCUT2D eigenvalue weighted by atomic mass is 9.87. The molecule has 2 aliphatic rings. The second-order valence-electron chi connectivity index (χ2n) is 7.39. The minimum absolute atomic E-state index is 0.192. The molecule has 2 aliphatic heterocycles. The van der Waals surface area contributed by atoms with E-state index >= 15 is 0 Å². The average Bonchev–Trinajstić information content (AvgIpc) is 2.93. The van der Waals surface area contributed by atoms with Gasteiger partial charge in [-0.05, 0) is 37.6 Å². The van der Waals surface area contributed by atoms with Gasteiger partial charge in [-0.1, -0.05) is 12.1 Å². The largest absolute Gasteiger partial charge is 0.379 e. The van der Waals surface area contributed by atoms with Gasteiger partial charge in [-0.15, -0.1) is 0 Å². The molecule has 25 heavy (non-hydrogen) atoms. The van der Waals surface area contributed by atoms with E-state index in [4.69, 9.17) is 4.74 Å². The van der Waals surface area contributed by atoms with Gasteiger partial charge in [0.25, 0.3) is 0 Å². The first-order chi connectivity index (χ1) is 12.2. The van der Waals surface area contributed by atoms with Gasteiger partial charge in [-0.3, -0.25) is 9.88 Å². The van der Waals surface area contributed by atoms with E-state index in [-0.39, 0.29) is 5.41 Å². The van der Waals surface area contributed by atoms with Crippen molar-refractivity contribution < 1.29 is 4.74 Å². The van der Waals surface area contributed by atoms with Crippen molar-refractivity contribution in [1.82, 2.24) is 14.9 Å². The van der Waals surface area contributed by atoms with E-state index in [1.54, 1.807) is 0 Å². The van der Waals surface area contributed by atoms with Gasteiger partial charge in [0.1, 0.15) is 5.82 Å². The Morgan fingerprint density at radius 3 is 2.92 bits per heavy atom. The number of hydrogen-bond acceptors (Lipinski definition) is 5. The zero-order valence-corrected chi connectivity index (χ0v) is 14.9. The maximum atomic E-state index is 6.00. The molecular formula is C20H26N4O. The van der Waals surface area contributed by atoms with Gasteiger partial charge in [-0.25, -0.2) is 4.98 Å². The van der Waals surface area contributed by atoms with Crippen LogP contribution in [-0.2, 0) is 11.3 Å². The summed E-state index contributed by atoms with van der Waals surface area (Å²) in [6, 6.07) is 12.4. The SMILES string of the molecule is Cc1cccc(CN2CCOC[C@]3(CCN(c4ccccn4)C3)C2)n1. The quantitative estimate of drug-likeness (QED) is 0.860. The molecule has 2 aromatic rings. The summed E-state index contributed by atoms with van der Waals surface area (Å²) >= 11 is 0. The molecule has 5 heteroatoms. The first-order valence-electron chi connectivity index (χ1n) is 9.11. The first-order valence-corrected chi connectivity index (χ1v) is 9.11. The second-order valence-corrected chi connectivity index (χ2v) is 7.39. The van der Waals surface area contributed by atoms with Crippen molar-refractivity contribution in [1.29, 1.82) is 0 Å². The molecule has 1 spiro atoms.